The summed E-state index contributed by atoms with van der Waals surface area (Å²) in [4.78, 5) is 13.7. The molecule has 1 heterocycles. The van der Waals surface area contributed by atoms with Crippen molar-refractivity contribution < 1.29 is 14.3 Å². The lowest BCUT2D eigenvalue weighted by molar-refractivity contribution is 0.1000. The predicted molar refractivity (Wildman–Crippen MR) is 94.4 cm³/mol. The number of nitrogens with two attached hydrogens (primary N) is 1. The van der Waals surface area contributed by atoms with Gasteiger partial charge in [-0.3, -0.25) is 9.69 Å². The molecule has 2 atom stereocenters. The van der Waals surface area contributed by atoms with E-state index >= 15 is 0 Å². The van der Waals surface area contributed by atoms with Crippen molar-refractivity contribution >= 4 is 5.91 Å². The van der Waals surface area contributed by atoms with Gasteiger partial charge in [-0.05, 0) is 61.2 Å². The zero-order valence-electron chi connectivity index (χ0n) is 14.1. The van der Waals surface area contributed by atoms with Crippen LogP contribution in [0.5, 0.6) is 0 Å². The number of aliphatic hydroxyl groups is 1. The molecule has 0 radical (unpaired) electrons. The molecule has 2 aromatic rings. The first kappa shape index (κ1) is 17.6. The summed E-state index contributed by atoms with van der Waals surface area (Å²) in [6.45, 7) is 1.68. The van der Waals surface area contributed by atoms with Gasteiger partial charge in [0.1, 0.15) is 5.82 Å². The number of likely N-dealkylation sites (tertiary alicyclic amines) is 1. The Hall–Kier alpha value is -2.24. The van der Waals surface area contributed by atoms with Crippen LogP contribution in [0.15, 0.2) is 48.5 Å². The van der Waals surface area contributed by atoms with Crippen LogP contribution in [0.1, 0.15) is 46.9 Å². The van der Waals surface area contributed by atoms with Gasteiger partial charge in [0, 0.05) is 18.2 Å². The lowest BCUT2D eigenvalue weighted by Crippen LogP contribution is -2.30. The quantitative estimate of drug-likeness (QED) is 0.848. The average molecular weight is 342 g/mol. The molecular weight excluding hydrogens is 319 g/mol. The number of primary amides is 1. The molecule has 0 aliphatic carbocycles. The zero-order valence-corrected chi connectivity index (χ0v) is 14.1. The van der Waals surface area contributed by atoms with E-state index in [1.54, 1.807) is 18.2 Å². The van der Waals surface area contributed by atoms with E-state index in [0.29, 0.717) is 12.0 Å². The van der Waals surface area contributed by atoms with Crippen molar-refractivity contribution in [3.05, 3.63) is 71.0 Å². The topological polar surface area (TPSA) is 66.6 Å². The first-order valence-electron chi connectivity index (χ1n) is 8.59. The van der Waals surface area contributed by atoms with Gasteiger partial charge in [0.25, 0.3) is 0 Å². The summed E-state index contributed by atoms with van der Waals surface area (Å²) >= 11 is 0. The standard InChI is InChI=1S/C20H23FN2O2/c21-17-8-6-15(7-9-17)19(24)12-18-5-2-10-23(18)13-14-3-1-4-16(11-14)20(22)25/h1,3-4,6-9,11,18-19,24H,2,5,10,12-13H2,(H2,22,25)/t18-,19+/m0/s1. The van der Waals surface area contributed by atoms with Crippen molar-refractivity contribution in [1.82, 2.24) is 4.90 Å². The summed E-state index contributed by atoms with van der Waals surface area (Å²) in [6.07, 6.45) is 2.11. The number of carbonyl (C=O) groups is 1. The molecule has 0 saturated carbocycles. The number of rotatable bonds is 6. The van der Waals surface area contributed by atoms with E-state index in [4.69, 9.17) is 5.73 Å². The largest absolute Gasteiger partial charge is 0.388 e. The number of amides is 1. The zero-order chi connectivity index (χ0) is 17.8. The number of hydrogen-bond donors (Lipinski definition) is 2. The SMILES string of the molecule is NC(=O)c1cccc(CN2CCC[C@H]2C[C@@H](O)c2ccc(F)cc2)c1. The van der Waals surface area contributed by atoms with Gasteiger partial charge >= 0.3 is 0 Å². The van der Waals surface area contributed by atoms with Crippen LogP contribution >= 0.6 is 0 Å². The Morgan fingerprint density at radius 3 is 2.76 bits per heavy atom. The molecule has 25 heavy (non-hydrogen) atoms. The van der Waals surface area contributed by atoms with Gasteiger partial charge in [-0.1, -0.05) is 24.3 Å². The van der Waals surface area contributed by atoms with Gasteiger partial charge in [-0.15, -0.1) is 0 Å². The fraction of sp³-hybridized carbons (Fsp3) is 0.350. The molecule has 0 spiro atoms. The minimum Gasteiger partial charge on any atom is -0.388 e. The highest BCUT2D eigenvalue weighted by Gasteiger charge is 2.27. The van der Waals surface area contributed by atoms with E-state index in [1.807, 2.05) is 18.2 Å². The second-order valence-corrected chi connectivity index (χ2v) is 6.63. The Morgan fingerprint density at radius 2 is 2.04 bits per heavy atom. The highest BCUT2D eigenvalue weighted by molar-refractivity contribution is 5.92. The van der Waals surface area contributed by atoms with Crippen LogP contribution in [0.4, 0.5) is 4.39 Å². The van der Waals surface area contributed by atoms with Crippen molar-refractivity contribution in [2.75, 3.05) is 6.54 Å². The molecule has 4 nitrogen and oxygen atoms in total. The molecule has 5 heteroatoms. The van der Waals surface area contributed by atoms with Gasteiger partial charge in [-0.2, -0.15) is 0 Å². The predicted octanol–water partition coefficient (Wildman–Crippen LogP) is 3.01. The second kappa shape index (κ2) is 7.76. The highest BCUT2D eigenvalue weighted by atomic mass is 19.1. The van der Waals surface area contributed by atoms with E-state index in [0.717, 1.165) is 37.1 Å². The van der Waals surface area contributed by atoms with Crippen LogP contribution in [0, 0.1) is 5.82 Å². The summed E-state index contributed by atoms with van der Waals surface area (Å²) in [5, 5.41) is 10.5. The molecular formula is C20H23FN2O2. The van der Waals surface area contributed by atoms with E-state index in [2.05, 4.69) is 4.90 Å². The van der Waals surface area contributed by atoms with Crippen LogP contribution in [0.3, 0.4) is 0 Å². The lowest BCUT2D eigenvalue weighted by atomic mass is 10.00. The number of halogens is 1. The summed E-state index contributed by atoms with van der Waals surface area (Å²) < 4.78 is 13.0. The van der Waals surface area contributed by atoms with Crippen molar-refractivity contribution in [2.45, 2.75) is 38.0 Å². The fourth-order valence-corrected chi connectivity index (χ4v) is 3.51. The maximum Gasteiger partial charge on any atom is 0.248 e. The average Bonchev–Trinajstić information content (AvgIpc) is 3.02. The first-order valence-corrected chi connectivity index (χ1v) is 8.59. The number of aliphatic hydroxyl groups excluding tert-OH is 1. The fourth-order valence-electron chi connectivity index (χ4n) is 3.51. The molecule has 1 amide bonds. The Morgan fingerprint density at radius 1 is 1.28 bits per heavy atom. The van der Waals surface area contributed by atoms with Crippen LogP contribution in [0.25, 0.3) is 0 Å². The lowest BCUT2D eigenvalue weighted by Gasteiger charge is -2.26. The smallest absolute Gasteiger partial charge is 0.248 e. The van der Waals surface area contributed by atoms with Crippen LogP contribution < -0.4 is 5.73 Å². The Bertz CT molecular complexity index is 733. The van der Waals surface area contributed by atoms with Crippen molar-refractivity contribution in [3.8, 4) is 0 Å². The molecule has 1 aliphatic rings. The van der Waals surface area contributed by atoms with Gasteiger partial charge in [0.05, 0.1) is 6.10 Å². The number of benzene rings is 2. The molecule has 3 N–H and O–H groups in total. The Labute approximate surface area is 147 Å². The Balaban J connectivity index is 1.65. The van der Waals surface area contributed by atoms with Gasteiger partial charge in [0.15, 0.2) is 0 Å². The summed E-state index contributed by atoms with van der Waals surface area (Å²) in [5.74, 6) is -0.723. The van der Waals surface area contributed by atoms with E-state index in [9.17, 15) is 14.3 Å². The highest BCUT2D eigenvalue weighted by Crippen LogP contribution is 2.28. The van der Waals surface area contributed by atoms with Gasteiger partial charge in [-0.25, -0.2) is 4.39 Å². The molecule has 1 aliphatic heterocycles. The molecule has 3 rings (SSSR count). The van der Waals surface area contributed by atoms with Crippen LogP contribution in [0.2, 0.25) is 0 Å². The maximum absolute atomic E-state index is 13.0. The van der Waals surface area contributed by atoms with E-state index in [1.165, 1.54) is 12.1 Å². The number of nitrogens with zero attached hydrogens (tertiary/aromatic N) is 1. The van der Waals surface area contributed by atoms with Crippen LogP contribution in [-0.4, -0.2) is 28.5 Å². The third-order valence-electron chi connectivity index (χ3n) is 4.85. The Kier molecular flexibility index (Phi) is 5.46. The normalized spacial score (nSPS) is 19.0. The van der Waals surface area contributed by atoms with Crippen LogP contribution in [-0.2, 0) is 6.54 Å². The molecule has 0 bridgehead atoms. The monoisotopic (exact) mass is 342 g/mol. The molecule has 0 unspecified atom stereocenters. The molecule has 132 valence electrons. The van der Waals surface area contributed by atoms with E-state index < -0.39 is 12.0 Å². The third-order valence-corrected chi connectivity index (χ3v) is 4.85. The minimum atomic E-state index is -0.608. The molecule has 2 aromatic carbocycles. The van der Waals surface area contributed by atoms with Crippen molar-refractivity contribution in [1.29, 1.82) is 0 Å². The van der Waals surface area contributed by atoms with Crippen molar-refractivity contribution in [2.24, 2.45) is 5.73 Å². The third kappa shape index (κ3) is 4.44. The molecule has 1 fully saturated rings. The first-order chi connectivity index (χ1) is 12.0. The van der Waals surface area contributed by atoms with Gasteiger partial charge < -0.3 is 10.8 Å². The molecule has 0 aromatic heterocycles. The maximum atomic E-state index is 13.0. The summed E-state index contributed by atoms with van der Waals surface area (Å²) in [6, 6.07) is 13.6. The number of hydrogen-bond acceptors (Lipinski definition) is 3. The molecule has 1 saturated heterocycles. The van der Waals surface area contributed by atoms with Crippen molar-refractivity contribution in [3.63, 3.8) is 0 Å². The summed E-state index contributed by atoms with van der Waals surface area (Å²) in [5.41, 5.74) is 7.64. The minimum absolute atomic E-state index is 0.261. The summed E-state index contributed by atoms with van der Waals surface area (Å²) in [7, 11) is 0. The van der Waals surface area contributed by atoms with Gasteiger partial charge in [0.2, 0.25) is 5.91 Å². The van der Waals surface area contributed by atoms with E-state index in [-0.39, 0.29) is 11.9 Å². The second-order valence-electron chi connectivity index (χ2n) is 6.63. The number of carbonyl (C=O) groups excluding carboxylic acids is 1.